The number of nitrogens with zero attached hydrogens (tertiary/aromatic N) is 3. The molecule has 4 saturated carbocycles. The van der Waals surface area contributed by atoms with Crippen LogP contribution in [0.25, 0.3) is 0 Å². The van der Waals surface area contributed by atoms with Crippen molar-refractivity contribution in [3.8, 4) is 0 Å². The molecule has 0 radical (unpaired) electrons. The number of hydrazine groups is 2. The summed E-state index contributed by atoms with van der Waals surface area (Å²) < 4.78 is 0. The molecule has 1 aliphatic heterocycles. The first-order chi connectivity index (χ1) is 10.7. The number of anilines is 1. The summed E-state index contributed by atoms with van der Waals surface area (Å²) in [6.45, 7) is 0. The minimum Gasteiger partial charge on any atom is -0.349 e. The Labute approximate surface area is 130 Å². The summed E-state index contributed by atoms with van der Waals surface area (Å²) in [5.74, 6) is 2.60. The maximum Gasteiger partial charge on any atom is 0.311 e. The number of benzene rings is 1. The average molecular weight is 299 g/mol. The van der Waals surface area contributed by atoms with Gasteiger partial charge in [-0.15, -0.1) is 0 Å². The van der Waals surface area contributed by atoms with Crippen molar-refractivity contribution in [2.45, 2.75) is 50.4 Å². The Balaban J connectivity index is 1.44. The largest absolute Gasteiger partial charge is 0.349 e. The van der Waals surface area contributed by atoms with Crippen LogP contribution >= 0.6 is 0 Å². The first-order valence-electron chi connectivity index (χ1n) is 8.51. The molecule has 5 heteroatoms. The zero-order valence-electron chi connectivity index (χ0n) is 12.7. The van der Waals surface area contributed by atoms with Gasteiger partial charge < -0.3 is 5.11 Å². The van der Waals surface area contributed by atoms with Gasteiger partial charge in [0, 0.05) is 29.2 Å². The SMILES string of the molecule is OC1N=[N+](C23CC4CC(CC(C4)C2)C3)NN1c1ccccc1. The summed E-state index contributed by atoms with van der Waals surface area (Å²) in [5.41, 5.74) is 4.44. The van der Waals surface area contributed by atoms with Crippen molar-refractivity contribution in [3.05, 3.63) is 30.3 Å². The van der Waals surface area contributed by atoms with E-state index in [9.17, 15) is 5.11 Å². The predicted octanol–water partition coefficient (Wildman–Crippen LogP) is 2.64. The smallest absolute Gasteiger partial charge is 0.311 e. The van der Waals surface area contributed by atoms with Crippen LogP contribution in [0.5, 0.6) is 0 Å². The van der Waals surface area contributed by atoms with Crippen molar-refractivity contribution in [3.63, 3.8) is 0 Å². The van der Waals surface area contributed by atoms with Crippen LogP contribution in [-0.4, -0.2) is 21.8 Å². The minimum atomic E-state index is -0.838. The summed E-state index contributed by atoms with van der Waals surface area (Å²) in [7, 11) is 0. The quantitative estimate of drug-likeness (QED) is 0.825. The fraction of sp³-hybridized carbons (Fsp3) is 0.647. The van der Waals surface area contributed by atoms with Gasteiger partial charge in [-0.1, -0.05) is 23.7 Å². The number of azo groups is 1. The highest BCUT2D eigenvalue weighted by atomic mass is 16.3. The molecule has 0 aromatic heterocycles. The monoisotopic (exact) mass is 299 g/mol. The Bertz CT molecular complexity index is 579. The second kappa shape index (κ2) is 4.44. The number of rotatable bonds is 2. The Morgan fingerprint density at radius 3 is 2.23 bits per heavy atom. The zero-order valence-corrected chi connectivity index (χ0v) is 12.7. The van der Waals surface area contributed by atoms with Crippen LogP contribution in [0.2, 0.25) is 0 Å². The number of nitrogens with one attached hydrogen (secondary N) is 1. The van der Waals surface area contributed by atoms with Crippen LogP contribution in [0.15, 0.2) is 35.4 Å². The molecule has 1 heterocycles. The molecule has 4 bridgehead atoms. The van der Waals surface area contributed by atoms with Gasteiger partial charge in [0.2, 0.25) is 5.54 Å². The summed E-state index contributed by atoms with van der Waals surface area (Å²) in [5, 5.41) is 16.7. The van der Waals surface area contributed by atoms with E-state index in [4.69, 9.17) is 0 Å². The fourth-order valence-electron chi connectivity index (χ4n) is 5.67. The van der Waals surface area contributed by atoms with Crippen LogP contribution in [0, 0.1) is 17.8 Å². The summed E-state index contributed by atoms with van der Waals surface area (Å²) in [6, 6.07) is 9.94. The molecule has 4 fully saturated rings. The van der Waals surface area contributed by atoms with Gasteiger partial charge in [-0.2, -0.15) is 5.01 Å². The molecule has 5 aliphatic rings. The molecule has 0 amide bonds. The standard InChI is InChI=1S/C17H23N4O/c22-16-18-21(19-20(16)15-4-2-1-3-5-15)17-9-12-6-13(10-17)8-14(7-12)11-17/h1-5,12-14,16,22H,6-11H2,(H,18,19)/q+1. The van der Waals surface area contributed by atoms with Crippen molar-refractivity contribution in [2.24, 2.45) is 22.9 Å². The first-order valence-corrected chi connectivity index (χ1v) is 8.51. The van der Waals surface area contributed by atoms with Crippen molar-refractivity contribution < 1.29 is 9.91 Å². The van der Waals surface area contributed by atoms with Gasteiger partial charge in [0.05, 0.1) is 5.69 Å². The minimum absolute atomic E-state index is 0.124. The van der Waals surface area contributed by atoms with E-state index in [0.717, 1.165) is 23.4 Å². The molecular formula is C17H23N4O+. The maximum absolute atomic E-state index is 10.4. The Hall–Kier alpha value is -1.62. The Morgan fingerprint density at radius 1 is 1.05 bits per heavy atom. The summed E-state index contributed by atoms with van der Waals surface area (Å²) in [4.78, 5) is 2.01. The van der Waals surface area contributed by atoms with Gasteiger partial charge in [-0.3, -0.25) is 0 Å². The summed E-state index contributed by atoms with van der Waals surface area (Å²) in [6.07, 6.45) is 7.09. The van der Waals surface area contributed by atoms with Gasteiger partial charge in [-0.25, -0.2) is 0 Å². The van der Waals surface area contributed by atoms with Crippen molar-refractivity contribution in [1.82, 2.24) is 5.53 Å². The number of aliphatic hydroxyl groups excluding tert-OH is 1. The highest BCUT2D eigenvalue weighted by Gasteiger charge is 2.61. The molecule has 116 valence electrons. The van der Waals surface area contributed by atoms with Crippen LogP contribution in [0.1, 0.15) is 38.5 Å². The predicted molar refractivity (Wildman–Crippen MR) is 81.7 cm³/mol. The zero-order chi connectivity index (χ0) is 14.7. The van der Waals surface area contributed by atoms with Crippen LogP contribution in [0.4, 0.5) is 5.69 Å². The fourth-order valence-corrected chi connectivity index (χ4v) is 5.67. The molecule has 22 heavy (non-hydrogen) atoms. The van der Waals surface area contributed by atoms with Crippen LogP contribution in [-0.2, 0) is 0 Å². The highest BCUT2D eigenvalue weighted by Crippen LogP contribution is 2.57. The first kappa shape index (κ1) is 12.9. The van der Waals surface area contributed by atoms with Gasteiger partial charge >= 0.3 is 6.35 Å². The van der Waals surface area contributed by atoms with E-state index < -0.39 is 6.35 Å². The molecule has 5 nitrogen and oxygen atoms in total. The van der Waals surface area contributed by atoms with Crippen LogP contribution < -0.4 is 10.5 Å². The maximum atomic E-state index is 10.4. The van der Waals surface area contributed by atoms with E-state index in [0.29, 0.717) is 0 Å². The topological polar surface area (TPSA) is 50.9 Å². The van der Waals surface area contributed by atoms with E-state index in [2.05, 4.69) is 10.6 Å². The lowest BCUT2D eigenvalue weighted by Gasteiger charge is -2.51. The molecule has 0 saturated heterocycles. The van der Waals surface area contributed by atoms with E-state index in [1.54, 1.807) is 5.01 Å². The van der Waals surface area contributed by atoms with Crippen LogP contribution in [0.3, 0.4) is 0 Å². The van der Waals surface area contributed by atoms with Gasteiger partial charge in [0.25, 0.3) is 0 Å². The normalized spacial score (nSPS) is 42.4. The molecule has 6 rings (SSSR count). The molecule has 4 aliphatic carbocycles. The second-order valence-corrected chi connectivity index (χ2v) is 7.72. The number of hydrogen-bond acceptors (Lipinski definition) is 4. The summed E-state index contributed by atoms with van der Waals surface area (Å²) >= 11 is 0. The number of para-hydroxylation sites is 1. The lowest BCUT2D eigenvalue weighted by molar-refractivity contribution is -0.717. The molecular weight excluding hydrogens is 276 g/mol. The van der Waals surface area contributed by atoms with E-state index in [1.807, 2.05) is 35.1 Å². The lowest BCUT2D eigenvalue weighted by atomic mass is 9.53. The van der Waals surface area contributed by atoms with E-state index in [-0.39, 0.29) is 5.54 Å². The molecule has 1 atom stereocenters. The third-order valence-corrected chi connectivity index (χ3v) is 6.14. The van der Waals surface area contributed by atoms with Gasteiger partial charge in [0.1, 0.15) is 0 Å². The number of hydrogen-bond donors (Lipinski definition) is 2. The average Bonchev–Trinajstić information content (AvgIpc) is 2.90. The van der Waals surface area contributed by atoms with Gasteiger partial charge in [-0.05, 0) is 49.1 Å². The third kappa shape index (κ3) is 1.81. The highest BCUT2D eigenvalue weighted by molar-refractivity contribution is 5.44. The number of aliphatic hydroxyl groups is 1. The van der Waals surface area contributed by atoms with Gasteiger partial charge in [0.15, 0.2) is 0 Å². The molecule has 2 N–H and O–H groups in total. The third-order valence-electron chi connectivity index (χ3n) is 6.14. The van der Waals surface area contributed by atoms with E-state index in [1.165, 1.54) is 38.5 Å². The van der Waals surface area contributed by atoms with Crippen molar-refractivity contribution >= 4 is 5.69 Å². The van der Waals surface area contributed by atoms with Crippen molar-refractivity contribution in [1.29, 1.82) is 0 Å². The Kier molecular flexibility index (Phi) is 2.60. The Morgan fingerprint density at radius 2 is 1.64 bits per heavy atom. The molecule has 1 aromatic carbocycles. The molecule has 0 spiro atoms. The van der Waals surface area contributed by atoms with E-state index >= 15 is 0 Å². The van der Waals surface area contributed by atoms with Crippen molar-refractivity contribution in [2.75, 3.05) is 5.01 Å². The second-order valence-electron chi connectivity index (χ2n) is 7.72. The molecule has 1 unspecified atom stereocenters. The lowest BCUT2D eigenvalue weighted by Crippen LogP contribution is -2.60. The molecule has 1 aromatic rings.